The fraction of sp³-hybridized carbons (Fsp3) is 0.625. The second kappa shape index (κ2) is 10.1. The van der Waals surface area contributed by atoms with Crippen LogP contribution in [0.4, 0.5) is 0 Å². The maximum absolute atomic E-state index is 13.1. The van der Waals surface area contributed by atoms with Gasteiger partial charge in [-0.25, -0.2) is 8.18 Å². The predicted octanol–water partition coefficient (Wildman–Crippen LogP) is 2.72. The molecular weight excluding hydrogens is 442 g/mol. The Balaban J connectivity index is 1.68. The van der Waals surface area contributed by atoms with Crippen molar-refractivity contribution in [3.8, 4) is 5.75 Å². The van der Waals surface area contributed by atoms with E-state index in [0.717, 1.165) is 48.3 Å². The van der Waals surface area contributed by atoms with E-state index in [-0.39, 0.29) is 18.0 Å². The average Bonchev–Trinajstić information content (AvgIpc) is 3.11. The largest absolute Gasteiger partial charge is 0.497 e. The first-order valence-corrected chi connectivity index (χ1v) is 12.2. The van der Waals surface area contributed by atoms with Crippen LogP contribution < -0.4 is 4.74 Å². The summed E-state index contributed by atoms with van der Waals surface area (Å²) < 4.78 is 31.4. The Labute approximate surface area is 199 Å². The molecule has 1 aliphatic heterocycles. The lowest BCUT2D eigenvalue weighted by Crippen LogP contribution is -2.55. The van der Waals surface area contributed by atoms with Gasteiger partial charge < -0.3 is 19.3 Å². The van der Waals surface area contributed by atoms with Crippen molar-refractivity contribution in [2.24, 2.45) is 10.8 Å². The molecule has 0 amide bonds. The monoisotopic (exact) mass is 479 g/mol. The smallest absolute Gasteiger partial charge is 0.313 e. The fourth-order valence-electron chi connectivity index (χ4n) is 4.14. The minimum absolute atomic E-state index is 0.00175. The number of hydrogen-bond donors (Lipinski definition) is 0. The van der Waals surface area contributed by atoms with Crippen LogP contribution in [0.15, 0.2) is 24.4 Å². The number of likely N-dealkylation sites (N-methyl/N-ethyl adjacent to an activating group) is 1. The van der Waals surface area contributed by atoms with Crippen LogP contribution in [0.1, 0.15) is 26.3 Å². The normalized spacial score (nSPS) is 17.2. The Morgan fingerprint density at radius 1 is 1.27 bits per heavy atom. The zero-order chi connectivity index (χ0) is 24.4. The first-order valence-electron chi connectivity index (χ1n) is 11.2. The number of benzene rings is 1. The molecule has 1 atom stereocenters. The minimum Gasteiger partial charge on any atom is -0.497 e. The van der Waals surface area contributed by atoms with Gasteiger partial charge in [0.25, 0.3) is 11.3 Å². The summed E-state index contributed by atoms with van der Waals surface area (Å²) in [4.78, 5) is 17.0. The Morgan fingerprint density at radius 2 is 1.97 bits per heavy atom. The predicted molar refractivity (Wildman–Crippen MR) is 131 cm³/mol. The molecule has 1 unspecified atom stereocenters. The van der Waals surface area contributed by atoms with Crippen molar-refractivity contribution in [1.82, 2.24) is 13.8 Å². The van der Waals surface area contributed by atoms with Crippen LogP contribution in [0.25, 0.3) is 10.9 Å². The van der Waals surface area contributed by atoms with Crippen molar-refractivity contribution >= 4 is 28.1 Å². The lowest BCUT2D eigenvalue weighted by molar-refractivity contribution is -0.162. The third-order valence-corrected chi connectivity index (χ3v) is 6.92. The van der Waals surface area contributed by atoms with E-state index in [4.69, 9.17) is 13.7 Å². The highest BCUT2D eigenvalue weighted by Crippen LogP contribution is 2.30. The standard InChI is InChI=1S/C24H37N3O5S/c1-23(2,22(28)31-17-24(3)14-26(6)15-24)16-32-33(29)27-13-18(10-11-25(4)5)20-12-19(30-7)8-9-21(20)27/h8-9,12-13H,10-11,14-17H2,1-7H3. The number of likely N-dealkylation sites (tertiary alicyclic amines) is 1. The molecule has 1 aromatic carbocycles. The molecule has 2 aromatic rings. The van der Waals surface area contributed by atoms with E-state index in [9.17, 15) is 9.00 Å². The van der Waals surface area contributed by atoms with Gasteiger partial charge in [0.05, 0.1) is 31.3 Å². The minimum atomic E-state index is -1.79. The molecule has 3 rings (SSSR count). The summed E-state index contributed by atoms with van der Waals surface area (Å²) in [5.74, 6) is 0.400. The van der Waals surface area contributed by atoms with Crippen molar-refractivity contribution < 1.29 is 22.7 Å². The molecule has 0 aliphatic carbocycles. The zero-order valence-corrected chi connectivity index (χ0v) is 21.7. The Hall–Kier alpha value is -1.94. The molecule has 184 valence electrons. The van der Waals surface area contributed by atoms with Crippen LogP contribution in [0, 0.1) is 10.8 Å². The number of esters is 1. The molecule has 9 heteroatoms. The quantitative estimate of drug-likeness (QED) is 0.459. The van der Waals surface area contributed by atoms with Crippen LogP contribution in [-0.4, -0.2) is 85.1 Å². The van der Waals surface area contributed by atoms with Gasteiger partial charge in [0.15, 0.2) is 0 Å². The fourth-order valence-corrected chi connectivity index (χ4v) is 5.18. The van der Waals surface area contributed by atoms with Crippen molar-refractivity contribution in [3.05, 3.63) is 30.0 Å². The second-order valence-electron chi connectivity index (χ2n) is 10.3. The van der Waals surface area contributed by atoms with E-state index < -0.39 is 16.7 Å². The molecule has 1 fully saturated rings. The maximum atomic E-state index is 13.1. The van der Waals surface area contributed by atoms with Gasteiger partial charge in [-0.3, -0.25) is 8.98 Å². The summed E-state index contributed by atoms with van der Waals surface area (Å²) in [5.41, 5.74) is 0.942. The van der Waals surface area contributed by atoms with Crippen molar-refractivity contribution in [2.45, 2.75) is 27.2 Å². The van der Waals surface area contributed by atoms with E-state index in [1.165, 1.54) is 0 Å². The molecule has 33 heavy (non-hydrogen) atoms. The number of fused-ring (bicyclic) bond motifs is 1. The van der Waals surface area contributed by atoms with Crippen LogP contribution >= 0.6 is 0 Å². The molecule has 1 aromatic heterocycles. The third-order valence-electron chi connectivity index (χ3n) is 5.98. The molecule has 8 nitrogen and oxygen atoms in total. The highest BCUT2D eigenvalue weighted by atomic mass is 32.2. The number of methoxy groups -OCH3 is 1. The second-order valence-corrected chi connectivity index (χ2v) is 11.4. The summed E-state index contributed by atoms with van der Waals surface area (Å²) in [6, 6.07) is 5.67. The number of aromatic nitrogens is 1. The van der Waals surface area contributed by atoms with Gasteiger partial charge >= 0.3 is 5.97 Å². The van der Waals surface area contributed by atoms with Crippen molar-refractivity contribution in [3.63, 3.8) is 0 Å². The van der Waals surface area contributed by atoms with Gasteiger partial charge in [0.1, 0.15) is 5.75 Å². The molecule has 0 N–H and O–H groups in total. The Morgan fingerprint density at radius 3 is 2.58 bits per heavy atom. The SMILES string of the molecule is COc1ccc2c(c1)c(CCN(C)C)cn2S(=O)OCC(C)(C)C(=O)OCC1(C)CN(C)C1. The van der Waals surface area contributed by atoms with Crippen molar-refractivity contribution in [1.29, 1.82) is 0 Å². The number of nitrogens with zero attached hydrogens (tertiary/aromatic N) is 3. The Kier molecular flexibility index (Phi) is 7.88. The highest BCUT2D eigenvalue weighted by Gasteiger charge is 2.39. The van der Waals surface area contributed by atoms with Gasteiger partial charge in [0, 0.05) is 36.6 Å². The highest BCUT2D eigenvalue weighted by molar-refractivity contribution is 7.78. The lowest BCUT2D eigenvalue weighted by Gasteiger charge is -2.45. The molecule has 2 heterocycles. The van der Waals surface area contributed by atoms with Crippen LogP contribution in [-0.2, 0) is 31.4 Å². The van der Waals surface area contributed by atoms with Gasteiger partial charge in [-0.15, -0.1) is 0 Å². The number of carbonyl (C=O) groups is 1. The third kappa shape index (κ3) is 6.15. The molecule has 0 spiro atoms. The zero-order valence-electron chi connectivity index (χ0n) is 20.8. The first-order chi connectivity index (χ1) is 15.4. The number of rotatable bonds is 11. The lowest BCUT2D eigenvalue weighted by atomic mass is 9.83. The van der Waals surface area contributed by atoms with Crippen LogP contribution in [0.2, 0.25) is 0 Å². The molecule has 1 aliphatic rings. The summed E-state index contributed by atoms with van der Waals surface area (Å²) in [5, 5.41) is 0.977. The topological polar surface area (TPSA) is 73.2 Å². The van der Waals surface area contributed by atoms with Gasteiger partial charge in [-0.1, -0.05) is 6.92 Å². The summed E-state index contributed by atoms with van der Waals surface area (Å²) >= 11 is -1.79. The van der Waals surface area contributed by atoms with E-state index in [0.29, 0.717) is 6.61 Å². The van der Waals surface area contributed by atoms with Crippen LogP contribution in [0.5, 0.6) is 5.75 Å². The first kappa shape index (κ1) is 25.7. The van der Waals surface area contributed by atoms with Gasteiger partial charge in [-0.05, 0) is 65.2 Å². The summed E-state index contributed by atoms with van der Waals surface area (Å²) in [6.07, 6.45) is 2.66. The maximum Gasteiger partial charge on any atom is 0.313 e. The van der Waals surface area contributed by atoms with E-state index >= 15 is 0 Å². The van der Waals surface area contributed by atoms with Crippen molar-refractivity contribution in [2.75, 3.05) is 61.1 Å². The Bertz CT molecular complexity index is 1010. The molecule has 1 saturated heterocycles. The van der Waals surface area contributed by atoms with E-state index in [1.807, 2.05) is 45.5 Å². The molecular formula is C24H37N3O5S. The number of carbonyl (C=O) groups excluding carboxylic acids is 1. The number of hydrogen-bond acceptors (Lipinski definition) is 7. The van der Waals surface area contributed by atoms with E-state index in [1.54, 1.807) is 24.9 Å². The molecule has 0 saturated carbocycles. The summed E-state index contributed by atoms with van der Waals surface area (Å²) in [7, 11) is 7.71. The number of ether oxygens (including phenoxy) is 2. The molecule has 0 bridgehead atoms. The van der Waals surface area contributed by atoms with E-state index in [2.05, 4.69) is 16.7 Å². The summed E-state index contributed by atoms with van der Waals surface area (Å²) in [6.45, 7) is 8.65. The molecule has 0 radical (unpaired) electrons. The average molecular weight is 480 g/mol. The van der Waals surface area contributed by atoms with Crippen LogP contribution in [0.3, 0.4) is 0 Å². The van der Waals surface area contributed by atoms with Gasteiger partial charge in [-0.2, -0.15) is 0 Å². The van der Waals surface area contributed by atoms with Gasteiger partial charge in [0.2, 0.25) is 0 Å².